The van der Waals surface area contributed by atoms with Crippen molar-refractivity contribution in [2.24, 2.45) is 11.8 Å². The molecule has 1 aromatic heterocycles. The van der Waals surface area contributed by atoms with Gasteiger partial charge in [-0.15, -0.1) is 0 Å². The molecule has 0 spiro atoms. The Morgan fingerprint density at radius 3 is 2.80 bits per heavy atom. The van der Waals surface area contributed by atoms with E-state index in [1.165, 1.54) is 0 Å². The number of alkyl halides is 1. The molecule has 4 unspecified atom stereocenters. The molecule has 1 heterocycles. The summed E-state index contributed by atoms with van der Waals surface area (Å²) in [6, 6.07) is 3.87. The number of nitrogens with one attached hydrogen (secondary N) is 2. The first-order valence-corrected chi connectivity index (χ1v) is 9.44. The molecular formula is C19H28FN3O2. The number of nitrogens with zero attached hydrogens (tertiary/aromatic N) is 1. The average molecular weight is 349 g/mol. The first-order valence-electron chi connectivity index (χ1n) is 9.44. The van der Waals surface area contributed by atoms with Crippen LogP contribution in [0.2, 0.25) is 0 Å². The van der Waals surface area contributed by atoms with E-state index in [0.29, 0.717) is 37.4 Å². The van der Waals surface area contributed by atoms with Crippen LogP contribution in [0.3, 0.4) is 0 Å². The van der Waals surface area contributed by atoms with Gasteiger partial charge < -0.3 is 15.2 Å². The van der Waals surface area contributed by atoms with Crippen LogP contribution in [-0.4, -0.2) is 35.1 Å². The largest absolute Gasteiger partial charge is 0.353 e. The van der Waals surface area contributed by atoms with Crippen LogP contribution in [0.1, 0.15) is 55.9 Å². The lowest BCUT2D eigenvalue weighted by molar-refractivity contribution is -0.125. The van der Waals surface area contributed by atoms with Crippen molar-refractivity contribution in [3.63, 3.8) is 0 Å². The molecule has 2 N–H and O–H groups in total. The number of rotatable bonds is 6. The maximum atomic E-state index is 13.2. The third kappa shape index (κ3) is 4.41. The molecule has 0 bridgehead atoms. The first-order chi connectivity index (χ1) is 12.1. The number of aromatic nitrogens is 1. The SMILES string of the molecule is CCn1cccc1C(=O)NCC1CCC(NC(=O)C2CCC(F)C2)C1. The molecule has 25 heavy (non-hydrogen) atoms. The molecule has 2 fully saturated rings. The highest BCUT2D eigenvalue weighted by molar-refractivity contribution is 5.92. The molecule has 2 amide bonds. The second-order valence-corrected chi connectivity index (χ2v) is 7.38. The van der Waals surface area contributed by atoms with E-state index in [-0.39, 0.29) is 23.8 Å². The zero-order valence-corrected chi connectivity index (χ0v) is 14.8. The van der Waals surface area contributed by atoms with Gasteiger partial charge in [-0.1, -0.05) is 0 Å². The van der Waals surface area contributed by atoms with Gasteiger partial charge in [0.15, 0.2) is 0 Å². The Bertz CT molecular complexity index is 616. The number of halogens is 1. The second kappa shape index (κ2) is 8.02. The predicted octanol–water partition coefficient (Wildman–Crippen LogP) is 2.66. The van der Waals surface area contributed by atoms with Crippen molar-refractivity contribution in [3.05, 3.63) is 24.0 Å². The summed E-state index contributed by atoms with van der Waals surface area (Å²) in [5.41, 5.74) is 0.687. The first kappa shape index (κ1) is 18.0. The Balaban J connectivity index is 1.41. The van der Waals surface area contributed by atoms with E-state index < -0.39 is 6.17 Å². The van der Waals surface area contributed by atoms with Crippen molar-refractivity contribution in [3.8, 4) is 0 Å². The Morgan fingerprint density at radius 2 is 2.08 bits per heavy atom. The number of aryl methyl sites for hydroxylation is 1. The van der Waals surface area contributed by atoms with Crippen molar-refractivity contribution in [1.82, 2.24) is 15.2 Å². The fourth-order valence-electron chi connectivity index (χ4n) is 4.10. The smallest absolute Gasteiger partial charge is 0.267 e. The summed E-state index contributed by atoms with van der Waals surface area (Å²) < 4.78 is 15.2. The van der Waals surface area contributed by atoms with Crippen LogP contribution in [0.4, 0.5) is 4.39 Å². The summed E-state index contributed by atoms with van der Waals surface area (Å²) in [6.07, 6.45) is 5.44. The molecule has 138 valence electrons. The van der Waals surface area contributed by atoms with E-state index >= 15 is 0 Å². The lowest BCUT2D eigenvalue weighted by atomic mass is 10.1. The van der Waals surface area contributed by atoms with E-state index in [1.807, 2.05) is 29.8 Å². The van der Waals surface area contributed by atoms with Gasteiger partial charge in [0.25, 0.3) is 5.91 Å². The number of hydrogen-bond donors (Lipinski definition) is 2. The quantitative estimate of drug-likeness (QED) is 0.829. The van der Waals surface area contributed by atoms with Crippen molar-refractivity contribution in [2.45, 2.75) is 64.2 Å². The maximum Gasteiger partial charge on any atom is 0.267 e. The van der Waals surface area contributed by atoms with Crippen LogP contribution >= 0.6 is 0 Å². The summed E-state index contributed by atoms with van der Waals surface area (Å²) in [4.78, 5) is 24.5. The number of amides is 2. The molecule has 6 heteroatoms. The Labute approximate surface area is 148 Å². The van der Waals surface area contributed by atoms with Gasteiger partial charge in [-0.2, -0.15) is 0 Å². The van der Waals surface area contributed by atoms with Crippen LogP contribution in [0, 0.1) is 11.8 Å². The molecule has 2 aliphatic rings. The molecule has 2 saturated carbocycles. The molecule has 0 radical (unpaired) electrons. The zero-order chi connectivity index (χ0) is 17.8. The fraction of sp³-hybridized carbons (Fsp3) is 0.684. The van der Waals surface area contributed by atoms with E-state index in [4.69, 9.17) is 0 Å². The van der Waals surface area contributed by atoms with Gasteiger partial charge in [0, 0.05) is 31.2 Å². The summed E-state index contributed by atoms with van der Waals surface area (Å²) >= 11 is 0. The van der Waals surface area contributed by atoms with E-state index in [2.05, 4.69) is 10.6 Å². The van der Waals surface area contributed by atoms with Crippen molar-refractivity contribution in [1.29, 1.82) is 0 Å². The molecule has 2 aliphatic carbocycles. The molecular weight excluding hydrogens is 321 g/mol. The van der Waals surface area contributed by atoms with Crippen molar-refractivity contribution >= 4 is 11.8 Å². The van der Waals surface area contributed by atoms with E-state index in [9.17, 15) is 14.0 Å². The highest BCUT2D eigenvalue weighted by Gasteiger charge is 2.33. The van der Waals surface area contributed by atoms with Gasteiger partial charge >= 0.3 is 0 Å². The summed E-state index contributed by atoms with van der Waals surface area (Å²) in [5, 5.41) is 6.10. The highest BCUT2D eigenvalue weighted by Crippen LogP contribution is 2.30. The maximum absolute atomic E-state index is 13.2. The average Bonchev–Trinajstić information content (AvgIpc) is 3.32. The second-order valence-electron chi connectivity index (χ2n) is 7.38. The number of carbonyl (C=O) groups excluding carboxylic acids is 2. The van der Waals surface area contributed by atoms with Crippen LogP contribution in [0.25, 0.3) is 0 Å². The standard InChI is InChI=1S/C19H28FN3O2/c1-2-23-9-3-4-17(23)19(25)21-12-13-5-8-16(10-13)22-18(24)14-6-7-15(20)11-14/h3-4,9,13-16H,2,5-8,10-12H2,1H3,(H,21,25)(H,22,24). The molecule has 0 aromatic carbocycles. The van der Waals surface area contributed by atoms with Gasteiger partial charge in [0.1, 0.15) is 11.9 Å². The molecule has 1 aromatic rings. The van der Waals surface area contributed by atoms with Gasteiger partial charge in [0.05, 0.1) is 0 Å². The number of carbonyl (C=O) groups is 2. The molecule has 4 atom stereocenters. The van der Waals surface area contributed by atoms with Crippen LogP contribution < -0.4 is 10.6 Å². The van der Waals surface area contributed by atoms with Gasteiger partial charge in [-0.25, -0.2) is 4.39 Å². The molecule has 3 rings (SSSR count). The van der Waals surface area contributed by atoms with Crippen LogP contribution in [0.15, 0.2) is 18.3 Å². The monoisotopic (exact) mass is 349 g/mol. The number of hydrogen-bond acceptors (Lipinski definition) is 2. The Morgan fingerprint density at radius 1 is 1.24 bits per heavy atom. The minimum absolute atomic E-state index is 0.00982. The third-order valence-electron chi connectivity index (χ3n) is 5.58. The summed E-state index contributed by atoms with van der Waals surface area (Å²) in [5.74, 6) is 0.197. The van der Waals surface area contributed by atoms with Gasteiger partial charge in [-0.3, -0.25) is 9.59 Å². The normalized spacial score (nSPS) is 28.9. The molecule has 0 saturated heterocycles. The minimum Gasteiger partial charge on any atom is -0.353 e. The lowest BCUT2D eigenvalue weighted by Gasteiger charge is -2.17. The minimum atomic E-state index is -0.815. The lowest BCUT2D eigenvalue weighted by Crippen LogP contribution is -2.37. The summed E-state index contributed by atoms with van der Waals surface area (Å²) in [6.45, 7) is 3.42. The Kier molecular flexibility index (Phi) is 5.76. The Hall–Kier alpha value is -1.85. The van der Waals surface area contributed by atoms with E-state index in [0.717, 1.165) is 25.8 Å². The topological polar surface area (TPSA) is 63.1 Å². The third-order valence-corrected chi connectivity index (χ3v) is 5.58. The van der Waals surface area contributed by atoms with Crippen LogP contribution in [0.5, 0.6) is 0 Å². The van der Waals surface area contributed by atoms with Crippen LogP contribution in [-0.2, 0) is 11.3 Å². The summed E-state index contributed by atoms with van der Waals surface area (Å²) in [7, 11) is 0. The predicted molar refractivity (Wildman–Crippen MR) is 93.9 cm³/mol. The van der Waals surface area contributed by atoms with Gasteiger partial charge in [-0.05, 0) is 63.5 Å². The van der Waals surface area contributed by atoms with Crippen molar-refractivity contribution in [2.75, 3.05) is 6.54 Å². The molecule has 0 aliphatic heterocycles. The zero-order valence-electron chi connectivity index (χ0n) is 14.8. The highest BCUT2D eigenvalue weighted by atomic mass is 19.1. The molecule has 5 nitrogen and oxygen atoms in total. The van der Waals surface area contributed by atoms with Crippen molar-refractivity contribution < 1.29 is 14.0 Å². The van der Waals surface area contributed by atoms with E-state index in [1.54, 1.807) is 0 Å². The van der Waals surface area contributed by atoms with Gasteiger partial charge in [0.2, 0.25) is 5.91 Å². The fourth-order valence-corrected chi connectivity index (χ4v) is 4.10.